The van der Waals surface area contributed by atoms with Crippen LogP contribution in [-0.4, -0.2) is 34.8 Å². The van der Waals surface area contributed by atoms with E-state index < -0.39 is 0 Å². The summed E-state index contributed by atoms with van der Waals surface area (Å²) in [6.07, 6.45) is 7.59. The molecular weight excluding hydrogens is 188 g/mol. The number of unbranched alkanes of at least 4 members (excludes halogenated alkanes) is 2. The van der Waals surface area contributed by atoms with E-state index in [0.29, 0.717) is 0 Å². The molecule has 0 aromatic carbocycles. The normalized spacial score (nSPS) is 11.2. The monoisotopic (exact) mass is 210 g/mol. The van der Waals surface area contributed by atoms with Crippen LogP contribution in [0.4, 0.5) is 0 Å². The molecule has 86 valence electrons. The van der Waals surface area contributed by atoms with E-state index in [1.54, 1.807) is 0 Å². The number of hydrogen-bond acceptors (Lipinski definition) is 3. The molecule has 1 aromatic heterocycles. The molecule has 0 radical (unpaired) electrons. The van der Waals surface area contributed by atoms with Gasteiger partial charge in [-0.3, -0.25) is 4.68 Å². The fraction of sp³-hybridized carbons (Fsp3) is 0.727. The van der Waals surface area contributed by atoms with Gasteiger partial charge in [0.2, 0.25) is 0 Å². The van der Waals surface area contributed by atoms with Gasteiger partial charge in [0.1, 0.15) is 0 Å². The van der Waals surface area contributed by atoms with E-state index in [-0.39, 0.29) is 0 Å². The highest BCUT2D eigenvalue weighted by molar-refractivity contribution is 5.02. The van der Waals surface area contributed by atoms with Gasteiger partial charge in [-0.1, -0.05) is 6.42 Å². The van der Waals surface area contributed by atoms with Crippen molar-refractivity contribution in [1.29, 1.82) is 0 Å². The van der Waals surface area contributed by atoms with Gasteiger partial charge in [0.15, 0.2) is 0 Å². The summed E-state index contributed by atoms with van der Waals surface area (Å²) in [5.41, 5.74) is 6.72. The summed E-state index contributed by atoms with van der Waals surface area (Å²) in [6, 6.07) is 0. The highest BCUT2D eigenvalue weighted by Gasteiger charge is 2.01. The molecule has 0 atom stereocenters. The van der Waals surface area contributed by atoms with Gasteiger partial charge in [0.05, 0.1) is 6.20 Å². The van der Waals surface area contributed by atoms with Crippen molar-refractivity contribution in [3.05, 3.63) is 18.0 Å². The van der Waals surface area contributed by atoms with Crippen LogP contribution < -0.4 is 5.73 Å². The Labute approximate surface area is 92.1 Å². The molecule has 0 amide bonds. The van der Waals surface area contributed by atoms with E-state index in [4.69, 9.17) is 5.73 Å². The molecule has 4 heteroatoms. The molecule has 0 saturated carbocycles. The first kappa shape index (κ1) is 12.2. The van der Waals surface area contributed by atoms with Crippen LogP contribution in [0.2, 0.25) is 0 Å². The van der Waals surface area contributed by atoms with Crippen molar-refractivity contribution < 1.29 is 0 Å². The molecule has 0 bridgehead atoms. The fourth-order valence-corrected chi connectivity index (χ4v) is 1.65. The molecule has 0 aliphatic carbocycles. The molecule has 4 nitrogen and oxygen atoms in total. The van der Waals surface area contributed by atoms with Crippen LogP contribution in [0, 0.1) is 0 Å². The summed E-state index contributed by atoms with van der Waals surface area (Å²) in [7, 11) is 4.10. The third-order valence-corrected chi connectivity index (χ3v) is 2.45. The largest absolute Gasteiger partial charge is 0.330 e. The van der Waals surface area contributed by atoms with Crippen LogP contribution >= 0.6 is 0 Å². The van der Waals surface area contributed by atoms with Crippen molar-refractivity contribution in [2.24, 2.45) is 12.8 Å². The Morgan fingerprint density at radius 2 is 2.20 bits per heavy atom. The van der Waals surface area contributed by atoms with Crippen LogP contribution in [-0.2, 0) is 13.6 Å². The maximum absolute atomic E-state index is 5.45. The van der Waals surface area contributed by atoms with Crippen LogP contribution in [0.5, 0.6) is 0 Å². The Kier molecular flexibility index (Phi) is 5.36. The number of aryl methyl sites for hydroxylation is 1. The highest BCUT2D eigenvalue weighted by atomic mass is 15.2. The zero-order chi connectivity index (χ0) is 11.1. The average Bonchev–Trinajstić information content (AvgIpc) is 2.59. The Hall–Kier alpha value is -0.870. The molecule has 1 aromatic rings. The Morgan fingerprint density at radius 3 is 2.80 bits per heavy atom. The van der Waals surface area contributed by atoms with Gasteiger partial charge in [-0.2, -0.15) is 5.10 Å². The topological polar surface area (TPSA) is 47.1 Å². The van der Waals surface area contributed by atoms with Crippen LogP contribution in [0.1, 0.15) is 24.8 Å². The molecule has 0 aliphatic rings. The van der Waals surface area contributed by atoms with Crippen LogP contribution in [0.15, 0.2) is 12.4 Å². The van der Waals surface area contributed by atoms with E-state index in [1.165, 1.54) is 18.4 Å². The average molecular weight is 210 g/mol. The third kappa shape index (κ3) is 4.95. The predicted octanol–water partition coefficient (Wildman–Crippen LogP) is 0.981. The molecule has 0 saturated heterocycles. The smallest absolute Gasteiger partial charge is 0.0534 e. The van der Waals surface area contributed by atoms with Gasteiger partial charge in [0, 0.05) is 25.4 Å². The van der Waals surface area contributed by atoms with Gasteiger partial charge in [-0.25, -0.2) is 0 Å². The minimum atomic E-state index is 0.812. The maximum Gasteiger partial charge on any atom is 0.0534 e. The van der Waals surface area contributed by atoms with E-state index in [0.717, 1.165) is 26.1 Å². The lowest BCUT2D eigenvalue weighted by atomic mass is 10.2. The van der Waals surface area contributed by atoms with Gasteiger partial charge in [0.25, 0.3) is 0 Å². The van der Waals surface area contributed by atoms with Gasteiger partial charge < -0.3 is 10.6 Å². The molecule has 15 heavy (non-hydrogen) atoms. The lowest BCUT2D eigenvalue weighted by Crippen LogP contribution is -2.19. The second-order valence-electron chi connectivity index (χ2n) is 4.11. The number of nitrogens with zero attached hydrogens (tertiary/aromatic N) is 3. The molecule has 0 fully saturated rings. The lowest BCUT2D eigenvalue weighted by Gasteiger charge is -2.14. The van der Waals surface area contributed by atoms with Crippen LogP contribution in [0.3, 0.4) is 0 Å². The fourth-order valence-electron chi connectivity index (χ4n) is 1.65. The number of aromatic nitrogens is 2. The zero-order valence-electron chi connectivity index (χ0n) is 9.82. The number of rotatable bonds is 7. The summed E-state index contributed by atoms with van der Waals surface area (Å²) in [5.74, 6) is 0. The summed E-state index contributed by atoms with van der Waals surface area (Å²) < 4.78 is 1.84. The van der Waals surface area contributed by atoms with Crippen molar-refractivity contribution in [1.82, 2.24) is 14.7 Å². The summed E-state index contributed by atoms with van der Waals surface area (Å²) in [5, 5.41) is 4.15. The first-order chi connectivity index (χ1) is 7.22. The minimum absolute atomic E-state index is 0.812. The molecule has 1 heterocycles. The SMILES string of the molecule is CN(CCCCCN)Cc1cnn(C)c1. The van der Waals surface area contributed by atoms with E-state index in [2.05, 4.69) is 23.2 Å². The first-order valence-corrected chi connectivity index (χ1v) is 5.58. The van der Waals surface area contributed by atoms with E-state index in [9.17, 15) is 0 Å². The quantitative estimate of drug-likeness (QED) is 0.682. The number of nitrogens with two attached hydrogens (primary N) is 1. The first-order valence-electron chi connectivity index (χ1n) is 5.58. The van der Waals surface area contributed by atoms with Gasteiger partial charge >= 0.3 is 0 Å². The summed E-state index contributed by atoms with van der Waals surface area (Å²) in [4.78, 5) is 2.33. The second kappa shape index (κ2) is 6.58. The molecule has 0 spiro atoms. The second-order valence-corrected chi connectivity index (χ2v) is 4.11. The van der Waals surface area contributed by atoms with Crippen molar-refractivity contribution in [2.45, 2.75) is 25.8 Å². The summed E-state index contributed by atoms with van der Waals surface area (Å²) in [6.45, 7) is 2.93. The Morgan fingerprint density at radius 1 is 1.40 bits per heavy atom. The van der Waals surface area contributed by atoms with Crippen LogP contribution in [0.25, 0.3) is 0 Å². The predicted molar refractivity (Wildman–Crippen MR) is 62.4 cm³/mol. The van der Waals surface area contributed by atoms with Crippen molar-refractivity contribution >= 4 is 0 Å². The molecule has 0 unspecified atom stereocenters. The minimum Gasteiger partial charge on any atom is -0.330 e. The van der Waals surface area contributed by atoms with E-state index in [1.807, 2.05) is 17.9 Å². The lowest BCUT2D eigenvalue weighted by molar-refractivity contribution is 0.317. The van der Waals surface area contributed by atoms with Crippen molar-refractivity contribution in [2.75, 3.05) is 20.1 Å². The third-order valence-electron chi connectivity index (χ3n) is 2.45. The van der Waals surface area contributed by atoms with E-state index >= 15 is 0 Å². The standard InChI is InChI=1S/C11H22N4/c1-14(7-5-3-4-6-12)9-11-8-13-15(2)10-11/h8,10H,3-7,9,12H2,1-2H3. The highest BCUT2D eigenvalue weighted by Crippen LogP contribution is 2.03. The molecule has 0 aliphatic heterocycles. The van der Waals surface area contributed by atoms with Gasteiger partial charge in [-0.05, 0) is 33.0 Å². The Balaban J connectivity index is 2.15. The maximum atomic E-state index is 5.45. The number of hydrogen-bond donors (Lipinski definition) is 1. The molecule has 1 rings (SSSR count). The molecule has 2 N–H and O–H groups in total. The Bertz CT molecular complexity index is 269. The van der Waals surface area contributed by atoms with Crippen molar-refractivity contribution in [3.63, 3.8) is 0 Å². The zero-order valence-corrected chi connectivity index (χ0v) is 9.82. The van der Waals surface area contributed by atoms with Crippen molar-refractivity contribution in [3.8, 4) is 0 Å². The summed E-state index contributed by atoms with van der Waals surface area (Å²) >= 11 is 0. The van der Waals surface area contributed by atoms with Gasteiger partial charge in [-0.15, -0.1) is 0 Å². The molecular formula is C11H22N4.